The Bertz CT molecular complexity index is 778. The lowest BCUT2D eigenvalue weighted by Gasteiger charge is -2.02. The Hall–Kier alpha value is -1.86. The number of aryl methyl sites for hydroxylation is 1. The maximum absolute atomic E-state index is 12.0. The molecule has 0 aliphatic rings. The number of fused-ring (bicyclic) bond motifs is 1. The number of benzene rings is 1. The summed E-state index contributed by atoms with van der Waals surface area (Å²) < 4.78 is 3.69. The maximum Gasteiger partial charge on any atom is 0.276 e. The number of carbonyl (C=O) groups is 1. The lowest BCUT2D eigenvalue weighted by atomic mass is 10.3. The van der Waals surface area contributed by atoms with Gasteiger partial charge in [-0.05, 0) is 30.5 Å². The van der Waals surface area contributed by atoms with Crippen LogP contribution in [0.5, 0.6) is 0 Å². The summed E-state index contributed by atoms with van der Waals surface area (Å²) in [5.74, 6) is -0.209. The highest BCUT2D eigenvalue weighted by Gasteiger charge is 2.10. The van der Waals surface area contributed by atoms with Crippen molar-refractivity contribution in [2.24, 2.45) is 7.05 Å². The molecule has 1 amide bonds. The molecule has 0 unspecified atom stereocenters. The van der Waals surface area contributed by atoms with Crippen molar-refractivity contribution in [3.63, 3.8) is 0 Å². The Morgan fingerprint density at radius 2 is 2.25 bits per heavy atom. The van der Waals surface area contributed by atoms with Gasteiger partial charge in [0.1, 0.15) is 0 Å². The molecule has 1 aromatic carbocycles. The van der Waals surface area contributed by atoms with Gasteiger partial charge in [-0.2, -0.15) is 5.10 Å². The fraction of sp³-hybridized carbons (Fsp3) is 0.154. The van der Waals surface area contributed by atoms with E-state index < -0.39 is 0 Å². The number of thiazole rings is 1. The topological polar surface area (TPSA) is 59.8 Å². The van der Waals surface area contributed by atoms with Crippen LogP contribution in [0.2, 0.25) is 0 Å². The molecule has 0 aliphatic carbocycles. The number of hydrogen-bond acceptors (Lipinski definition) is 5. The van der Waals surface area contributed by atoms with Crippen molar-refractivity contribution in [3.05, 3.63) is 36.2 Å². The number of thioether (sulfide) groups is 1. The van der Waals surface area contributed by atoms with Crippen molar-refractivity contribution >= 4 is 44.9 Å². The van der Waals surface area contributed by atoms with Gasteiger partial charge in [-0.1, -0.05) is 11.8 Å². The standard InChI is InChI=1S/C13H12N4OS2/c1-17-6-5-10(16-17)12(18)14-8-3-4-9-11(7-8)20-13(15-9)19-2/h3-7H,1-2H3,(H,14,18). The largest absolute Gasteiger partial charge is 0.321 e. The lowest BCUT2D eigenvalue weighted by Crippen LogP contribution is -2.12. The molecule has 3 aromatic rings. The first-order valence-corrected chi connectivity index (χ1v) is 7.95. The van der Waals surface area contributed by atoms with Crippen molar-refractivity contribution in [3.8, 4) is 0 Å². The van der Waals surface area contributed by atoms with Crippen LogP contribution in [0.15, 0.2) is 34.8 Å². The third-order valence-corrected chi connectivity index (χ3v) is 4.75. The van der Waals surface area contributed by atoms with Crippen molar-refractivity contribution in [1.82, 2.24) is 14.8 Å². The second kappa shape index (κ2) is 5.26. The zero-order valence-electron chi connectivity index (χ0n) is 11.0. The number of aromatic nitrogens is 3. The van der Waals surface area contributed by atoms with Crippen molar-refractivity contribution in [1.29, 1.82) is 0 Å². The van der Waals surface area contributed by atoms with Gasteiger partial charge in [-0.3, -0.25) is 9.48 Å². The predicted octanol–water partition coefficient (Wildman–Crippen LogP) is 3.00. The van der Waals surface area contributed by atoms with Crippen LogP contribution in [0, 0.1) is 0 Å². The average molecular weight is 304 g/mol. The molecule has 2 aromatic heterocycles. The number of nitrogens with zero attached hydrogens (tertiary/aromatic N) is 3. The summed E-state index contributed by atoms with van der Waals surface area (Å²) in [4.78, 5) is 16.5. The summed E-state index contributed by atoms with van der Waals surface area (Å²) in [6, 6.07) is 7.40. The van der Waals surface area contributed by atoms with Gasteiger partial charge < -0.3 is 5.32 Å². The molecule has 0 saturated carbocycles. The van der Waals surface area contributed by atoms with E-state index in [0.29, 0.717) is 5.69 Å². The Balaban J connectivity index is 1.85. The van der Waals surface area contributed by atoms with Gasteiger partial charge in [0, 0.05) is 18.9 Å². The van der Waals surface area contributed by atoms with E-state index >= 15 is 0 Å². The lowest BCUT2D eigenvalue weighted by molar-refractivity contribution is 0.102. The SMILES string of the molecule is CSc1nc2ccc(NC(=O)c3ccn(C)n3)cc2s1. The fourth-order valence-electron chi connectivity index (χ4n) is 1.80. The Morgan fingerprint density at radius 3 is 2.95 bits per heavy atom. The molecule has 0 atom stereocenters. The second-order valence-corrected chi connectivity index (χ2v) is 6.28. The summed E-state index contributed by atoms with van der Waals surface area (Å²) >= 11 is 3.24. The van der Waals surface area contributed by atoms with Crippen molar-refractivity contribution in [2.75, 3.05) is 11.6 Å². The van der Waals surface area contributed by atoms with Crippen LogP contribution in [-0.2, 0) is 7.05 Å². The van der Waals surface area contributed by atoms with E-state index in [1.807, 2.05) is 24.5 Å². The van der Waals surface area contributed by atoms with E-state index in [1.165, 1.54) is 0 Å². The Labute approximate surface area is 124 Å². The third-order valence-electron chi connectivity index (χ3n) is 2.75. The van der Waals surface area contributed by atoms with E-state index in [9.17, 15) is 4.79 Å². The second-order valence-electron chi connectivity index (χ2n) is 4.20. The molecule has 1 N–H and O–H groups in total. The van der Waals surface area contributed by atoms with Crippen LogP contribution in [0.4, 0.5) is 5.69 Å². The van der Waals surface area contributed by atoms with Crippen molar-refractivity contribution < 1.29 is 4.79 Å². The Morgan fingerprint density at radius 1 is 1.40 bits per heavy atom. The number of amides is 1. The highest BCUT2D eigenvalue weighted by Crippen LogP contribution is 2.30. The molecule has 0 bridgehead atoms. The zero-order chi connectivity index (χ0) is 14.1. The van der Waals surface area contributed by atoms with Gasteiger partial charge in [0.05, 0.1) is 10.2 Å². The Kier molecular flexibility index (Phi) is 3.45. The quantitative estimate of drug-likeness (QED) is 0.756. The van der Waals surface area contributed by atoms with Gasteiger partial charge in [0.25, 0.3) is 5.91 Å². The maximum atomic E-state index is 12.0. The van der Waals surface area contributed by atoms with Gasteiger partial charge in [-0.15, -0.1) is 11.3 Å². The molecule has 3 rings (SSSR count). The first-order chi connectivity index (χ1) is 9.65. The normalized spacial score (nSPS) is 10.9. The molecular weight excluding hydrogens is 292 g/mol. The van der Waals surface area contributed by atoms with Gasteiger partial charge in [0.2, 0.25) is 0 Å². The summed E-state index contributed by atoms with van der Waals surface area (Å²) in [6.45, 7) is 0. The number of carbonyl (C=O) groups excluding carboxylic acids is 1. The van der Waals surface area contributed by atoms with Crippen LogP contribution in [0.1, 0.15) is 10.5 Å². The average Bonchev–Trinajstić information content (AvgIpc) is 3.03. The molecule has 102 valence electrons. The first kappa shape index (κ1) is 13.1. The highest BCUT2D eigenvalue weighted by atomic mass is 32.2. The minimum Gasteiger partial charge on any atom is -0.321 e. The number of anilines is 1. The molecule has 0 aliphatic heterocycles. The summed E-state index contributed by atoms with van der Waals surface area (Å²) in [5, 5.41) is 6.93. The van der Waals surface area contributed by atoms with Crippen LogP contribution >= 0.6 is 23.1 Å². The van der Waals surface area contributed by atoms with E-state index in [1.54, 1.807) is 47.1 Å². The number of hydrogen-bond donors (Lipinski definition) is 1. The summed E-state index contributed by atoms with van der Waals surface area (Å²) in [5.41, 5.74) is 2.11. The fourth-order valence-corrected chi connectivity index (χ4v) is 3.33. The van der Waals surface area contributed by atoms with Crippen LogP contribution in [0.25, 0.3) is 10.2 Å². The molecule has 0 radical (unpaired) electrons. The van der Waals surface area contributed by atoms with E-state index in [4.69, 9.17) is 0 Å². The third kappa shape index (κ3) is 2.54. The minimum atomic E-state index is -0.209. The molecule has 20 heavy (non-hydrogen) atoms. The zero-order valence-corrected chi connectivity index (χ0v) is 12.6. The summed E-state index contributed by atoms with van der Waals surface area (Å²) in [6.07, 6.45) is 3.74. The van der Waals surface area contributed by atoms with Crippen LogP contribution in [-0.4, -0.2) is 26.9 Å². The molecule has 0 saturated heterocycles. The molecular formula is C13H12N4OS2. The van der Waals surface area contributed by atoms with Gasteiger partial charge in [-0.25, -0.2) is 4.98 Å². The first-order valence-electron chi connectivity index (χ1n) is 5.91. The molecule has 2 heterocycles. The van der Waals surface area contributed by atoms with E-state index in [0.717, 1.165) is 20.2 Å². The highest BCUT2D eigenvalue weighted by molar-refractivity contribution is 8.00. The smallest absolute Gasteiger partial charge is 0.276 e. The molecule has 7 heteroatoms. The summed E-state index contributed by atoms with van der Waals surface area (Å²) in [7, 11) is 1.78. The molecule has 5 nitrogen and oxygen atoms in total. The number of rotatable bonds is 3. The van der Waals surface area contributed by atoms with Crippen LogP contribution < -0.4 is 5.32 Å². The molecule has 0 fully saturated rings. The van der Waals surface area contributed by atoms with E-state index in [2.05, 4.69) is 15.4 Å². The van der Waals surface area contributed by atoms with Gasteiger partial charge in [0.15, 0.2) is 10.0 Å². The van der Waals surface area contributed by atoms with Gasteiger partial charge >= 0.3 is 0 Å². The van der Waals surface area contributed by atoms with Crippen LogP contribution in [0.3, 0.4) is 0 Å². The molecule has 0 spiro atoms. The monoisotopic (exact) mass is 304 g/mol. The predicted molar refractivity (Wildman–Crippen MR) is 82.6 cm³/mol. The minimum absolute atomic E-state index is 0.209. The number of nitrogens with one attached hydrogen (secondary N) is 1. The van der Waals surface area contributed by atoms with E-state index in [-0.39, 0.29) is 5.91 Å². The van der Waals surface area contributed by atoms with Crippen molar-refractivity contribution in [2.45, 2.75) is 4.34 Å².